The van der Waals surface area contributed by atoms with E-state index in [0.29, 0.717) is 17.7 Å². The minimum Gasteiger partial charge on any atom is -0.341 e. The molecule has 1 aliphatic carbocycles. The van der Waals surface area contributed by atoms with Gasteiger partial charge in [0.1, 0.15) is 0 Å². The number of nitrogens with zero attached hydrogens (tertiary/aromatic N) is 1. The summed E-state index contributed by atoms with van der Waals surface area (Å²) in [5.41, 5.74) is 2.57. The van der Waals surface area contributed by atoms with Crippen molar-refractivity contribution in [2.45, 2.75) is 39.2 Å². The Labute approximate surface area is 104 Å². The molecule has 1 aromatic carbocycles. The molecule has 2 heteroatoms. The molecule has 2 nitrogen and oxygen atoms in total. The molecule has 17 heavy (non-hydrogen) atoms. The molecule has 2 rings (SSSR count). The van der Waals surface area contributed by atoms with Gasteiger partial charge in [-0.3, -0.25) is 4.79 Å². The van der Waals surface area contributed by atoms with Crippen LogP contribution in [0, 0.1) is 5.92 Å². The monoisotopic (exact) mass is 231 g/mol. The second-order valence-electron chi connectivity index (χ2n) is 5.36. The highest BCUT2D eigenvalue weighted by molar-refractivity contribution is 5.80. The normalized spacial score (nSPS) is 15.1. The van der Waals surface area contributed by atoms with Crippen molar-refractivity contribution in [1.82, 2.24) is 4.90 Å². The lowest BCUT2D eigenvalue weighted by atomic mass is 10.0. The zero-order valence-electron chi connectivity index (χ0n) is 10.9. The van der Waals surface area contributed by atoms with E-state index in [1.807, 2.05) is 11.9 Å². The van der Waals surface area contributed by atoms with Gasteiger partial charge in [-0.15, -0.1) is 0 Å². The Morgan fingerprint density at radius 1 is 1.29 bits per heavy atom. The Bertz CT molecular complexity index is 390. The Kier molecular flexibility index (Phi) is 3.51. The van der Waals surface area contributed by atoms with Crippen molar-refractivity contribution < 1.29 is 4.79 Å². The summed E-state index contributed by atoms with van der Waals surface area (Å²) >= 11 is 0. The Hall–Kier alpha value is -1.31. The maximum Gasteiger partial charge on any atom is 0.225 e. The zero-order valence-corrected chi connectivity index (χ0v) is 10.9. The van der Waals surface area contributed by atoms with Gasteiger partial charge in [0.05, 0.1) is 0 Å². The topological polar surface area (TPSA) is 20.3 Å². The van der Waals surface area contributed by atoms with Crippen LogP contribution < -0.4 is 0 Å². The van der Waals surface area contributed by atoms with E-state index in [1.165, 1.54) is 11.1 Å². The average Bonchev–Trinajstić information content (AvgIpc) is 3.12. The van der Waals surface area contributed by atoms with Crippen molar-refractivity contribution in [3.8, 4) is 0 Å². The van der Waals surface area contributed by atoms with Crippen LogP contribution in [-0.2, 0) is 11.3 Å². The lowest BCUT2D eigenvalue weighted by molar-refractivity contribution is -0.131. The second kappa shape index (κ2) is 4.91. The van der Waals surface area contributed by atoms with Crippen LogP contribution in [0.5, 0.6) is 0 Å². The molecule has 0 bridgehead atoms. The number of hydrogen-bond donors (Lipinski definition) is 0. The van der Waals surface area contributed by atoms with Crippen molar-refractivity contribution in [2.24, 2.45) is 5.92 Å². The van der Waals surface area contributed by atoms with Crippen LogP contribution in [-0.4, -0.2) is 17.9 Å². The number of rotatable bonds is 4. The van der Waals surface area contributed by atoms with Crippen LogP contribution in [0.25, 0.3) is 0 Å². The van der Waals surface area contributed by atoms with Crippen molar-refractivity contribution in [3.63, 3.8) is 0 Å². The molecular weight excluding hydrogens is 210 g/mol. The van der Waals surface area contributed by atoms with E-state index >= 15 is 0 Å². The third kappa shape index (κ3) is 3.09. The molecule has 0 radical (unpaired) electrons. The second-order valence-corrected chi connectivity index (χ2v) is 5.36. The Morgan fingerprint density at radius 2 is 1.88 bits per heavy atom. The standard InChI is InChI=1S/C15H21NO/c1-11(2)13-6-4-12(5-7-13)10-16(3)15(17)14-8-9-14/h4-7,11,14H,8-10H2,1-3H3. The van der Waals surface area contributed by atoms with Gasteiger partial charge in [-0.05, 0) is 29.9 Å². The largest absolute Gasteiger partial charge is 0.341 e. The highest BCUT2D eigenvalue weighted by Crippen LogP contribution is 2.31. The highest BCUT2D eigenvalue weighted by Gasteiger charge is 2.31. The first kappa shape index (κ1) is 12.2. The molecule has 0 saturated heterocycles. The molecule has 1 aromatic rings. The van der Waals surface area contributed by atoms with E-state index < -0.39 is 0 Å². The Morgan fingerprint density at radius 3 is 2.35 bits per heavy atom. The number of hydrogen-bond acceptors (Lipinski definition) is 1. The van der Waals surface area contributed by atoms with Crippen LogP contribution in [0.1, 0.15) is 43.7 Å². The first-order chi connectivity index (χ1) is 8.08. The van der Waals surface area contributed by atoms with E-state index in [9.17, 15) is 4.79 Å². The third-order valence-electron chi connectivity index (χ3n) is 3.37. The summed E-state index contributed by atoms with van der Waals surface area (Å²) in [5.74, 6) is 1.18. The quantitative estimate of drug-likeness (QED) is 0.779. The van der Waals surface area contributed by atoms with Gasteiger partial charge < -0.3 is 4.90 Å². The number of benzene rings is 1. The number of carbonyl (C=O) groups is 1. The predicted octanol–water partition coefficient (Wildman–Crippen LogP) is 3.18. The molecule has 0 aromatic heterocycles. The molecule has 0 unspecified atom stereocenters. The van der Waals surface area contributed by atoms with Gasteiger partial charge in [-0.2, -0.15) is 0 Å². The van der Waals surface area contributed by atoms with Crippen LogP contribution in [0.2, 0.25) is 0 Å². The lowest BCUT2D eigenvalue weighted by Gasteiger charge is -2.17. The van der Waals surface area contributed by atoms with Gasteiger partial charge in [0, 0.05) is 19.5 Å². The summed E-state index contributed by atoms with van der Waals surface area (Å²) < 4.78 is 0. The number of carbonyl (C=O) groups excluding carboxylic acids is 1. The maximum absolute atomic E-state index is 11.8. The summed E-state index contributed by atoms with van der Waals surface area (Å²) in [6.45, 7) is 5.11. The zero-order chi connectivity index (χ0) is 12.4. The molecule has 1 fully saturated rings. The summed E-state index contributed by atoms with van der Waals surface area (Å²) in [5, 5.41) is 0. The van der Waals surface area contributed by atoms with Gasteiger partial charge in [0.15, 0.2) is 0 Å². The van der Waals surface area contributed by atoms with Gasteiger partial charge in [0.25, 0.3) is 0 Å². The van der Waals surface area contributed by atoms with E-state index in [1.54, 1.807) is 0 Å². The maximum atomic E-state index is 11.8. The average molecular weight is 231 g/mol. The molecule has 1 amide bonds. The fourth-order valence-electron chi connectivity index (χ4n) is 2.00. The van der Waals surface area contributed by atoms with E-state index in [2.05, 4.69) is 38.1 Å². The molecule has 0 atom stereocenters. The third-order valence-corrected chi connectivity index (χ3v) is 3.37. The first-order valence-corrected chi connectivity index (χ1v) is 6.41. The minimum absolute atomic E-state index is 0.304. The van der Waals surface area contributed by atoms with Crippen LogP contribution in [0.3, 0.4) is 0 Å². The molecule has 0 N–H and O–H groups in total. The van der Waals surface area contributed by atoms with E-state index in [0.717, 1.165) is 19.4 Å². The SMILES string of the molecule is CC(C)c1ccc(CN(C)C(=O)C2CC2)cc1. The fraction of sp³-hybridized carbons (Fsp3) is 0.533. The molecule has 1 aliphatic rings. The summed E-state index contributed by atoms with van der Waals surface area (Å²) in [6.07, 6.45) is 2.16. The van der Waals surface area contributed by atoms with Crippen molar-refractivity contribution >= 4 is 5.91 Å². The van der Waals surface area contributed by atoms with Gasteiger partial charge in [0.2, 0.25) is 5.91 Å². The summed E-state index contributed by atoms with van der Waals surface area (Å²) in [6, 6.07) is 8.59. The van der Waals surface area contributed by atoms with Crippen LogP contribution in [0.15, 0.2) is 24.3 Å². The molecule has 0 spiro atoms. The van der Waals surface area contributed by atoms with Gasteiger partial charge in [-0.25, -0.2) is 0 Å². The lowest BCUT2D eigenvalue weighted by Crippen LogP contribution is -2.27. The summed E-state index contributed by atoms with van der Waals surface area (Å²) in [7, 11) is 1.90. The highest BCUT2D eigenvalue weighted by atomic mass is 16.2. The predicted molar refractivity (Wildman–Crippen MR) is 69.7 cm³/mol. The molecule has 1 saturated carbocycles. The van der Waals surface area contributed by atoms with Crippen LogP contribution >= 0.6 is 0 Å². The van der Waals surface area contributed by atoms with E-state index in [4.69, 9.17) is 0 Å². The minimum atomic E-state index is 0.304. The van der Waals surface area contributed by atoms with Crippen molar-refractivity contribution in [2.75, 3.05) is 7.05 Å². The van der Waals surface area contributed by atoms with Crippen molar-refractivity contribution in [3.05, 3.63) is 35.4 Å². The number of amides is 1. The van der Waals surface area contributed by atoms with E-state index in [-0.39, 0.29) is 0 Å². The Balaban J connectivity index is 1.96. The summed E-state index contributed by atoms with van der Waals surface area (Å²) in [4.78, 5) is 13.7. The first-order valence-electron chi connectivity index (χ1n) is 6.41. The van der Waals surface area contributed by atoms with Crippen molar-refractivity contribution in [1.29, 1.82) is 0 Å². The molecule has 92 valence electrons. The van der Waals surface area contributed by atoms with Gasteiger partial charge in [-0.1, -0.05) is 38.1 Å². The molecule has 0 heterocycles. The molecule has 0 aliphatic heterocycles. The van der Waals surface area contributed by atoms with Crippen LogP contribution in [0.4, 0.5) is 0 Å². The van der Waals surface area contributed by atoms with Gasteiger partial charge >= 0.3 is 0 Å². The smallest absolute Gasteiger partial charge is 0.225 e. The molecular formula is C15H21NO. The fourth-order valence-corrected chi connectivity index (χ4v) is 2.00.